The summed E-state index contributed by atoms with van der Waals surface area (Å²) in [5.41, 5.74) is 2.71. The summed E-state index contributed by atoms with van der Waals surface area (Å²) in [5, 5.41) is 3.58. The third-order valence-corrected chi connectivity index (χ3v) is 5.08. The third kappa shape index (κ3) is 5.62. The first-order valence-electron chi connectivity index (χ1n) is 8.59. The van der Waals surface area contributed by atoms with Gasteiger partial charge in [-0.1, -0.05) is 29.7 Å². The summed E-state index contributed by atoms with van der Waals surface area (Å²) >= 11 is 6.34. The van der Waals surface area contributed by atoms with E-state index in [1.165, 1.54) is 24.3 Å². The van der Waals surface area contributed by atoms with Crippen LogP contribution < -0.4 is 4.74 Å². The molecule has 1 amide bonds. The minimum atomic E-state index is -4.74. The Morgan fingerprint density at radius 2 is 1.83 bits per heavy atom. The molecule has 0 spiro atoms. The summed E-state index contributed by atoms with van der Waals surface area (Å²) in [6.07, 6.45) is 1.53. The molecule has 1 aliphatic heterocycles. The van der Waals surface area contributed by atoms with Crippen molar-refractivity contribution in [1.82, 2.24) is 4.90 Å². The van der Waals surface area contributed by atoms with Crippen molar-refractivity contribution < 1.29 is 22.7 Å². The number of halogens is 4. The van der Waals surface area contributed by atoms with Crippen LogP contribution in [0.15, 0.2) is 36.4 Å². The normalized spacial score (nSPS) is 14.3. The van der Waals surface area contributed by atoms with E-state index in [1.54, 1.807) is 11.0 Å². The van der Waals surface area contributed by atoms with Gasteiger partial charge in [0.1, 0.15) is 5.75 Å². The molecule has 0 aromatic heterocycles. The predicted molar refractivity (Wildman–Crippen MR) is 110 cm³/mol. The van der Waals surface area contributed by atoms with Gasteiger partial charge in [-0.15, -0.1) is 13.2 Å². The molecule has 29 heavy (non-hydrogen) atoms. The number of benzene rings is 2. The van der Waals surface area contributed by atoms with E-state index in [2.05, 4.69) is 34.7 Å². The molecule has 0 aliphatic carbocycles. The molecule has 0 bridgehead atoms. The summed E-state index contributed by atoms with van der Waals surface area (Å²) in [6, 6.07) is 9.03. The fourth-order valence-electron chi connectivity index (χ4n) is 2.89. The quantitative estimate of drug-likeness (QED) is 0.597. The van der Waals surface area contributed by atoms with Crippen molar-refractivity contribution >= 4 is 27.5 Å². The van der Waals surface area contributed by atoms with Crippen LogP contribution in [0.2, 0.25) is 5.02 Å². The molecule has 8 heteroatoms. The number of nitrogens with zero attached hydrogens (tertiary/aromatic N) is 1. The Hall–Kier alpha value is -2.30. The first-order valence-corrected chi connectivity index (χ1v) is 11.8. The molecule has 2 aromatic rings. The maximum Gasteiger partial charge on any atom is 0.573 e. The number of amides is 1. The molecule has 154 valence electrons. The van der Waals surface area contributed by atoms with Gasteiger partial charge in [0.15, 0.2) is 0 Å². The molecule has 3 nitrogen and oxygen atoms in total. The van der Waals surface area contributed by atoms with Crippen molar-refractivity contribution in [3.63, 3.8) is 0 Å². The van der Waals surface area contributed by atoms with Crippen LogP contribution in [0.1, 0.15) is 27.0 Å². The first-order chi connectivity index (χ1) is 13.4. The molecule has 1 aliphatic rings. The van der Waals surface area contributed by atoms with Crippen LogP contribution >= 0.6 is 21.6 Å². The zero-order valence-corrected chi connectivity index (χ0v) is 17.6. The smallest absolute Gasteiger partial charge is 0.406 e. The van der Waals surface area contributed by atoms with Gasteiger partial charge in [-0.3, -0.25) is 4.79 Å². The van der Waals surface area contributed by atoms with Crippen molar-refractivity contribution in [3.8, 4) is 16.9 Å². The fourth-order valence-corrected chi connectivity index (χ4v) is 3.64. The monoisotopic (exact) mass is 441 g/mol. The average Bonchev–Trinajstić information content (AvgIpc) is 2.89. The molecule has 0 atom stereocenters. The Labute approximate surface area is 174 Å². The number of hydrogen-bond donors (Lipinski definition) is 0. The Balaban J connectivity index is 1.76. The topological polar surface area (TPSA) is 29.5 Å². The summed E-state index contributed by atoms with van der Waals surface area (Å²) < 4.78 is 40.7. The van der Waals surface area contributed by atoms with Crippen LogP contribution in [0.5, 0.6) is 5.75 Å². The van der Waals surface area contributed by atoms with Gasteiger partial charge < -0.3 is 9.64 Å². The van der Waals surface area contributed by atoms with E-state index in [0.29, 0.717) is 22.7 Å². The molecule has 0 saturated heterocycles. The van der Waals surface area contributed by atoms with Crippen LogP contribution in [0.25, 0.3) is 0 Å². The van der Waals surface area contributed by atoms with Crippen molar-refractivity contribution in [2.24, 2.45) is 0 Å². The zero-order valence-electron chi connectivity index (χ0n) is 16.1. The van der Waals surface area contributed by atoms with Gasteiger partial charge in [-0.2, -0.15) is 10.0 Å². The molecule has 1 heterocycles. The molecule has 0 N–H and O–H groups in total. The summed E-state index contributed by atoms with van der Waals surface area (Å²) in [5.74, 6) is 2.62. The minimum Gasteiger partial charge on any atom is -0.406 e. The van der Waals surface area contributed by atoms with Gasteiger partial charge in [0.25, 0.3) is 5.91 Å². The third-order valence-electron chi connectivity index (χ3n) is 4.07. The van der Waals surface area contributed by atoms with E-state index < -0.39 is 16.4 Å². The summed E-state index contributed by atoms with van der Waals surface area (Å²) in [6.45, 7) is 0.621. The largest absolute Gasteiger partial charge is 0.573 e. The molecule has 0 fully saturated rings. The second kappa shape index (κ2) is 7.85. The lowest BCUT2D eigenvalue weighted by Gasteiger charge is -2.16. The van der Waals surface area contributed by atoms with E-state index in [-0.39, 0.29) is 18.2 Å². The molecule has 2 aromatic carbocycles. The Bertz CT molecular complexity index is 1000. The molecule has 0 saturated carbocycles. The maximum atomic E-state index is 12.7. The van der Waals surface area contributed by atoms with E-state index in [1.807, 2.05) is 6.07 Å². The molecular formula is C21H19ClF3NO2S. The Morgan fingerprint density at radius 1 is 1.17 bits per heavy atom. The molecule has 3 rings (SSSR count). The number of hydrogen-bond acceptors (Lipinski definition) is 2. The standard InChI is InChI=1S/C21H19ClF3NO2S/c1-29(2,3)9-8-15-10-16-13-26(20(27)19(16)18(22)11-15)12-14-4-6-17(7-5-14)28-21(23,24)25/h4-7,10-11H,12-13H2,1-3H3. The van der Waals surface area contributed by atoms with Gasteiger partial charge in [-0.25, -0.2) is 0 Å². The van der Waals surface area contributed by atoms with Crippen LogP contribution in [0, 0.1) is 11.2 Å². The number of fused-ring (bicyclic) bond motifs is 1. The lowest BCUT2D eigenvalue weighted by Crippen LogP contribution is -2.23. The van der Waals surface area contributed by atoms with Crippen molar-refractivity contribution in [2.75, 3.05) is 18.8 Å². The Kier molecular flexibility index (Phi) is 5.79. The lowest BCUT2D eigenvalue weighted by atomic mass is 10.1. The highest BCUT2D eigenvalue weighted by Gasteiger charge is 2.32. The van der Waals surface area contributed by atoms with E-state index in [0.717, 1.165) is 11.1 Å². The van der Waals surface area contributed by atoms with Crippen LogP contribution in [-0.2, 0) is 13.1 Å². The number of alkyl halides is 3. The molecular weight excluding hydrogens is 423 g/mol. The number of rotatable bonds is 3. The van der Waals surface area contributed by atoms with Gasteiger partial charge in [0.2, 0.25) is 0 Å². The van der Waals surface area contributed by atoms with Gasteiger partial charge in [-0.05, 0) is 59.4 Å². The fraction of sp³-hybridized carbons (Fsp3) is 0.286. The Morgan fingerprint density at radius 3 is 2.41 bits per heavy atom. The second-order valence-corrected chi connectivity index (χ2v) is 11.7. The minimum absolute atomic E-state index is 0.207. The molecule has 0 unspecified atom stereocenters. The number of carbonyl (C=O) groups excluding carboxylic acids is 1. The second-order valence-electron chi connectivity index (χ2n) is 7.41. The van der Waals surface area contributed by atoms with Crippen molar-refractivity contribution in [1.29, 1.82) is 0 Å². The van der Waals surface area contributed by atoms with Crippen molar-refractivity contribution in [3.05, 3.63) is 63.7 Å². The highest BCUT2D eigenvalue weighted by atomic mass is 35.5. The highest BCUT2D eigenvalue weighted by molar-refractivity contribution is 8.35. The first kappa shape index (κ1) is 21.4. The molecule has 0 radical (unpaired) electrons. The van der Waals surface area contributed by atoms with Crippen LogP contribution in [-0.4, -0.2) is 35.9 Å². The van der Waals surface area contributed by atoms with Crippen LogP contribution in [0.4, 0.5) is 13.2 Å². The lowest BCUT2D eigenvalue weighted by molar-refractivity contribution is -0.274. The zero-order chi connectivity index (χ0) is 21.4. The SMILES string of the molecule is CS(C)(C)C#Cc1cc(Cl)c2c(c1)CN(Cc1ccc(OC(F)(F)F)cc1)C2=O. The van der Waals surface area contributed by atoms with Gasteiger partial charge in [0.05, 0.1) is 10.6 Å². The number of ether oxygens (including phenoxy) is 1. The van der Waals surface area contributed by atoms with Gasteiger partial charge >= 0.3 is 6.36 Å². The number of carbonyl (C=O) groups is 1. The summed E-state index contributed by atoms with van der Waals surface area (Å²) in [4.78, 5) is 14.3. The average molecular weight is 442 g/mol. The van der Waals surface area contributed by atoms with Crippen molar-refractivity contribution in [2.45, 2.75) is 19.5 Å². The predicted octanol–water partition coefficient (Wildman–Crippen LogP) is 5.40. The van der Waals surface area contributed by atoms with E-state index >= 15 is 0 Å². The highest BCUT2D eigenvalue weighted by Crippen LogP contribution is 2.34. The van der Waals surface area contributed by atoms with E-state index in [4.69, 9.17) is 11.6 Å². The maximum absolute atomic E-state index is 12.7. The van der Waals surface area contributed by atoms with Crippen LogP contribution in [0.3, 0.4) is 0 Å². The van der Waals surface area contributed by atoms with Gasteiger partial charge in [0, 0.05) is 18.7 Å². The summed E-state index contributed by atoms with van der Waals surface area (Å²) in [7, 11) is -0.989. The van der Waals surface area contributed by atoms with E-state index in [9.17, 15) is 18.0 Å².